The van der Waals surface area contributed by atoms with Gasteiger partial charge in [-0.15, -0.1) is 0 Å². The van der Waals surface area contributed by atoms with Crippen molar-refractivity contribution >= 4 is 23.6 Å². The van der Waals surface area contributed by atoms with Gasteiger partial charge in [0, 0.05) is 37.8 Å². The fourth-order valence-electron chi connectivity index (χ4n) is 6.41. The molecule has 5 rings (SSSR count). The van der Waals surface area contributed by atoms with Gasteiger partial charge in [0.1, 0.15) is 17.9 Å². The highest BCUT2D eigenvalue weighted by Crippen LogP contribution is 2.31. The lowest BCUT2D eigenvalue weighted by atomic mass is 9.83. The summed E-state index contributed by atoms with van der Waals surface area (Å²) in [5.41, 5.74) is 2.45. The highest BCUT2D eigenvalue weighted by molar-refractivity contribution is 5.91. The summed E-state index contributed by atoms with van der Waals surface area (Å²) in [5, 5.41) is 16.0. The average Bonchev–Trinajstić information content (AvgIpc) is 3.36. The lowest BCUT2D eigenvalue weighted by Crippen LogP contribution is -2.56. The van der Waals surface area contributed by atoms with Crippen LogP contribution in [-0.2, 0) is 27.2 Å². The van der Waals surface area contributed by atoms with Crippen LogP contribution < -0.4 is 10.6 Å². The molecule has 1 saturated carbocycles. The Hall–Kier alpha value is -2.68. The van der Waals surface area contributed by atoms with Gasteiger partial charge in [-0.05, 0) is 94.7 Å². The maximum absolute atomic E-state index is 13.1. The third-order valence-corrected chi connectivity index (χ3v) is 9.02. The molecule has 3 aliphatic heterocycles. The number of carbonyl (C=O) groups excluding carboxylic acids is 2. The number of hydrogen-bond donors (Lipinski definition) is 3. The minimum Gasteiger partial charge on any atom is -0.480 e. The van der Waals surface area contributed by atoms with Crippen LogP contribution >= 0.6 is 0 Å². The van der Waals surface area contributed by atoms with E-state index in [-0.39, 0.29) is 17.7 Å². The number of nitrogens with zero attached hydrogens (tertiary/aromatic N) is 3. The number of anilines is 1. The summed E-state index contributed by atoms with van der Waals surface area (Å²) >= 11 is 0. The summed E-state index contributed by atoms with van der Waals surface area (Å²) in [6.45, 7) is 4.14. The van der Waals surface area contributed by atoms with E-state index >= 15 is 0 Å². The van der Waals surface area contributed by atoms with Crippen LogP contribution in [0.25, 0.3) is 0 Å². The Kier molecular flexibility index (Phi) is 8.82. The minimum atomic E-state index is -1.01. The number of piperidine rings is 1. The molecule has 208 valence electrons. The Morgan fingerprint density at radius 2 is 1.95 bits per heavy atom. The van der Waals surface area contributed by atoms with Crippen molar-refractivity contribution < 1.29 is 19.5 Å². The summed E-state index contributed by atoms with van der Waals surface area (Å²) < 4.78 is 0. The van der Waals surface area contributed by atoms with Crippen LogP contribution in [-0.4, -0.2) is 82.5 Å². The van der Waals surface area contributed by atoms with Gasteiger partial charge in [-0.2, -0.15) is 0 Å². The van der Waals surface area contributed by atoms with Crippen molar-refractivity contribution in [1.29, 1.82) is 0 Å². The van der Waals surface area contributed by atoms with E-state index in [1.165, 1.54) is 5.56 Å². The Labute approximate surface area is 225 Å². The Morgan fingerprint density at radius 1 is 1.08 bits per heavy atom. The molecule has 38 heavy (non-hydrogen) atoms. The SMILES string of the molecule is O=C(O)C(CCN1CCC(CCc2ccc3c(n2)NCCC3)C1)NC(=O)C1CCCCN1C(=O)C1CCC1. The van der Waals surface area contributed by atoms with Gasteiger partial charge in [-0.1, -0.05) is 12.5 Å². The van der Waals surface area contributed by atoms with E-state index in [1.807, 2.05) is 0 Å². The van der Waals surface area contributed by atoms with Crippen molar-refractivity contribution in [3.8, 4) is 0 Å². The number of carbonyl (C=O) groups is 3. The molecule has 0 aromatic carbocycles. The molecule has 3 unspecified atom stereocenters. The van der Waals surface area contributed by atoms with Crippen molar-refractivity contribution in [3.63, 3.8) is 0 Å². The molecular formula is C29H43N5O4. The standard InChI is InChI=1S/C29H43N5O4/c35-27(25-8-1-2-16-34(25)28(36)22-5-3-6-22)32-24(29(37)38)14-18-33-17-13-20(19-33)9-11-23-12-10-21-7-4-15-30-26(21)31-23/h10,12,20,22,24-25H,1-9,11,13-19H2,(H,30,31)(H,32,35)(H,37,38). The molecule has 3 N–H and O–H groups in total. The molecule has 0 radical (unpaired) electrons. The molecule has 3 atom stereocenters. The minimum absolute atomic E-state index is 0.0430. The third kappa shape index (κ3) is 6.47. The molecule has 4 heterocycles. The second-order valence-corrected chi connectivity index (χ2v) is 11.7. The average molecular weight is 526 g/mol. The van der Waals surface area contributed by atoms with Crippen molar-refractivity contribution in [2.45, 2.75) is 89.1 Å². The summed E-state index contributed by atoms with van der Waals surface area (Å²) in [4.78, 5) is 46.9. The van der Waals surface area contributed by atoms with E-state index in [4.69, 9.17) is 4.98 Å². The van der Waals surface area contributed by atoms with E-state index in [2.05, 4.69) is 27.7 Å². The first-order chi connectivity index (χ1) is 18.5. The molecule has 1 aliphatic carbocycles. The fourth-order valence-corrected chi connectivity index (χ4v) is 6.41. The van der Waals surface area contributed by atoms with Gasteiger partial charge in [0.15, 0.2) is 0 Å². The van der Waals surface area contributed by atoms with Crippen LogP contribution in [0.1, 0.15) is 75.5 Å². The van der Waals surface area contributed by atoms with Crippen molar-refractivity contribution in [1.82, 2.24) is 20.1 Å². The molecule has 3 fully saturated rings. The number of pyridine rings is 1. The zero-order valence-corrected chi connectivity index (χ0v) is 22.5. The number of rotatable bonds is 10. The Balaban J connectivity index is 1.07. The normalized spacial score (nSPS) is 24.7. The maximum Gasteiger partial charge on any atom is 0.326 e. The summed E-state index contributed by atoms with van der Waals surface area (Å²) in [6, 6.07) is 2.89. The number of aliphatic carboxylic acids is 1. The largest absolute Gasteiger partial charge is 0.480 e. The van der Waals surface area contributed by atoms with Crippen LogP contribution in [0.15, 0.2) is 12.1 Å². The molecule has 1 aromatic rings. The smallest absolute Gasteiger partial charge is 0.326 e. The van der Waals surface area contributed by atoms with Gasteiger partial charge >= 0.3 is 5.97 Å². The highest BCUT2D eigenvalue weighted by atomic mass is 16.4. The first-order valence-corrected chi connectivity index (χ1v) is 14.8. The predicted octanol–water partition coefficient (Wildman–Crippen LogP) is 2.83. The maximum atomic E-state index is 13.1. The fraction of sp³-hybridized carbons (Fsp3) is 0.724. The lowest BCUT2D eigenvalue weighted by molar-refractivity contribution is -0.149. The summed E-state index contributed by atoms with van der Waals surface area (Å²) in [6.07, 6.45) is 11.0. The van der Waals surface area contributed by atoms with Gasteiger partial charge in [-0.25, -0.2) is 9.78 Å². The quantitative estimate of drug-likeness (QED) is 0.430. The van der Waals surface area contributed by atoms with E-state index in [1.54, 1.807) is 4.90 Å². The number of hydrogen-bond acceptors (Lipinski definition) is 6. The number of likely N-dealkylation sites (tertiary alicyclic amines) is 2. The first-order valence-electron chi connectivity index (χ1n) is 14.8. The molecule has 0 bridgehead atoms. The molecule has 2 amide bonds. The van der Waals surface area contributed by atoms with Crippen LogP contribution in [0.4, 0.5) is 5.82 Å². The molecule has 9 heteroatoms. The predicted molar refractivity (Wildman–Crippen MR) is 145 cm³/mol. The van der Waals surface area contributed by atoms with Gasteiger partial charge in [0.2, 0.25) is 11.8 Å². The molecule has 4 aliphatic rings. The molecular weight excluding hydrogens is 482 g/mol. The second kappa shape index (κ2) is 12.5. The number of carboxylic acid groups (broad SMARTS) is 1. The van der Waals surface area contributed by atoms with Gasteiger partial charge in [-0.3, -0.25) is 9.59 Å². The van der Waals surface area contributed by atoms with Gasteiger partial charge in [0.05, 0.1) is 0 Å². The van der Waals surface area contributed by atoms with Gasteiger partial charge < -0.3 is 25.5 Å². The summed E-state index contributed by atoms with van der Waals surface area (Å²) in [5.74, 6) is 0.429. The van der Waals surface area contributed by atoms with E-state index in [9.17, 15) is 19.5 Å². The molecule has 0 spiro atoms. The Morgan fingerprint density at radius 3 is 2.74 bits per heavy atom. The van der Waals surface area contributed by atoms with Crippen molar-refractivity contribution in [2.24, 2.45) is 11.8 Å². The van der Waals surface area contributed by atoms with Crippen LogP contribution in [0.2, 0.25) is 0 Å². The van der Waals surface area contributed by atoms with Crippen LogP contribution in [0.5, 0.6) is 0 Å². The van der Waals surface area contributed by atoms with Gasteiger partial charge in [0.25, 0.3) is 0 Å². The van der Waals surface area contributed by atoms with E-state index in [0.29, 0.717) is 31.8 Å². The summed E-state index contributed by atoms with van der Waals surface area (Å²) in [7, 11) is 0. The molecule has 1 aromatic heterocycles. The molecule has 2 saturated heterocycles. The lowest BCUT2D eigenvalue weighted by Gasteiger charge is -2.39. The number of fused-ring (bicyclic) bond motifs is 1. The van der Waals surface area contributed by atoms with E-state index < -0.39 is 18.1 Å². The number of carboxylic acids is 1. The monoisotopic (exact) mass is 525 g/mol. The number of aromatic nitrogens is 1. The third-order valence-electron chi connectivity index (χ3n) is 9.02. The van der Waals surface area contributed by atoms with Crippen LogP contribution in [0.3, 0.4) is 0 Å². The number of amides is 2. The van der Waals surface area contributed by atoms with Crippen molar-refractivity contribution in [3.05, 3.63) is 23.4 Å². The molecule has 9 nitrogen and oxygen atoms in total. The Bertz CT molecular complexity index is 1010. The zero-order valence-electron chi connectivity index (χ0n) is 22.5. The second-order valence-electron chi connectivity index (χ2n) is 11.7. The highest BCUT2D eigenvalue weighted by Gasteiger charge is 2.38. The van der Waals surface area contributed by atoms with E-state index in [0.717, 1.165) is 95.4 Å². The first kappa shape index (κ1) is 26.9. The number of nitrogens with one attached hydrogen (secondary N) is 2. The number of aryl methyl sites for hydroxylation is 2. The van der Waals surface area contributed by atoms with Crippen LogP contribution in [0, 0.1) is 11.8 Å². The topological polar surface area (TPSA) is 115 Å². The van der Waals surface area contributed by atoms with Crippen molar-refractivity contribution in [2.75, 3.05) is 38.0 Å². The zero-order chi connectivity index (χ0) is 26.5.